The quantitative estimate of drug-likeness (QED) is 0.305. The van der Waals surface area contributed by atoms with Crippen LogP contribution in [0.3, 0.4) is 0 Å². The Morgan fingerprint density at radius 2 is 1.73 bits per heavy atom. The number of nitrogens with zero attached hydrogens (tertiary/aromatic N) is 4. The number of primary amides is 1. The van der Waals surface area contributed by atoms with Crippen molar-refractivity contribution in [1.82, 2.24) is 4.98 Å². The van der Waals surface area contributed by atoms with E-state index in [0.717, 1.165) is 0 Å². The molecule has 1 aliphatic heterocycles. The highest BCUT2D eigenvalue weighted by atomic mass is 32.2. The minimum atomic E-state index is -5.46. The first-order chi connectivity index (χ1) is 17.5. The number of carbonyl (C=O) groups excluding carboxylic acids is 2. The molecule has 1 unspecified atom stereocenters. The standard InChI is InChI=1S/C23H21F3N6O4S/c1-35-17-15(11-27)18(32-9-7-14(29)8-10-32)31-19(16(17)12-28)37-22(20(30)33,13-5-3-2-4-6-13)36-21(34)23(24,25)26/h2-6,14H,7-10,29H2,1H3,(H2,30,33). The summed E-state index contributed by atoms with van der Waals surface area (Å²) in [5.41, 5.74) is 10.9. The molecule has 14 heteroatoms. The summed E-state index contributed by atoms with van der Waals surface area (Å²) < 4.78 is 49.7. The van der Waals surface area contributed by atoms with Gasteiger partial charge in [-0.3, -0.25) is 4.79 Å². The van der Waals surface area contributed by atoms with Crippen molar-refractivity contribution in [1.29, 1.82) is 10.5 Å². The summed E-state index contributed by atoms with van der Waals surface area (Å²) in [7, 11) is 1.20. The largest absolute Gasteiger partial charge is 0.494 e. The minimum Gasteiger partial charge on any atom is -0.494 e. The summed E-state index contributed by atoms with van der Waals surface area (Å²) in [5.74, 6) is -4.27. The number of rotatable bonds is 7. The zero-order valence-corrected chi connectivity index (χ0v) is 20.2. The number of ether oxygens (including phenoxy) is 2. The predicted molar refractivity (Wildman–Crippen MR) is 125 cm³/mol. The zero-order valence-electron chi connectivity index (χ0n) is 19.4. The fourth-order valence-corrected chi connectivity index (χ4v) is 4.83. The van der Waals surface area contributed by atoms with Crippen LogP contribution in [0.25, 0.3) is 0 Å². The molecule has 0 radical (unpaired) electrons. The van der Waals surface area contributed by atoms with Gasteiger partial charge in [0.15, 0.2) is 11.6 Å². The van der Waals surface area contributed by atoms with E-state index in [0.29, 0.717) is 25.9 Å². The number of benzene rings is 1. The van der Waals surface area contributed by atoms with Crippen LogP contribution in [0.4, 0.5) is 19.0 Å². The smallest absolute Gasteiger partial charge is 0.491 e. The maximum absolute atomic E-state index is 13.2. The normalized spacial score (nSPS) is 15.7. The molecule has 4 N–H and O–H groups in total. The number of hydrogen-bond donors (Lipinski definition) is 2. The van der Waals surface area contributed by atoms with E-state index in [-0.39, 0.29) is 51.1 Å². The lowest BCUT2D eigenvalue weighted by atomic mass is 10.0. The van der Waals surface area contributed by atoms with Crippen molar-refractivity contribution in [3.8, 4) is 17.9 Å². The SMILES string of the molecule is COc1c(C#N)c(SC(OC(=O)C(F)(F)F)(C(N)=O)c2ccccc2)nc(N2CCC(N)CC2)c1C#N. The Balaban J connectivity index is 2.27. The molecular weight excluding hydrogens is 513 g/mol. The van der Waals surface area contributed by atoms with Crippen LogP contribution in [0.15, 0.2) is 35.4 Å². The molecule has 0 saturated carbocycles. The molecule has 1 fully saturated rings. The molecule has 3 rings (SSSR count). The third-order valence-electron chi connectivity index (χ3n) is 5.55. The van der Waals surface area contributed by atoms with Crippen LogP contribution >= 0.6 is 11.8 Å². The average Bonchev–Trinajstić information content (AvgIpc) is 2.87. The number of thioether (sulfide) groups is 1. The lowest BCUT2D eigenvalue weighted by molar-refractivity contribution is -0.208. The number of hydrogen-bond acceptors (Lipinski definition) is 10. The van der Waals surface area contributed by atoms with Crippen LogP contribution in [-0.4, -0.2) is 49.3 Å². The van der Waals surface area contributed by atoms with E-state index in [1.165, 1.54) is 37.4 Å². The van der Waals surface area contributed by atoms with Gasteiger partial charge in [-0.05, 0) is 24.6 Å². The fraction of sp³-hybridized carbons (Fsp3) is 0.348. The molecule has 2 aromatic rings. The van der Waals surface area contributed by atoms with E-state index in [9.17, 15) is 33.3 Å². The number of piperidine rings is 1. The topological polar surface area (TPSA) is 168 Å². The van der Waals surface area contributed by atoms with Crippen LogP contribution in [0, 0.1) is 22.7 Å². The molecule has 1 atom stereocenters. The van der Waals surface area contributed by atoms with Gasteiger partial charge >= 0.3 is 12.1 Å². The molecule has 0 aliphatic carbocycles. The van der Waals surface area contributed by atoms with E-state index in [1.54, 1.807) is 4.90 Å². The molecule has 1 saturated heterocycles. The summed E-state index contributed by atoms with van der Waals surface area (Å²) in [6, 6.07) is 10.5. The second kappa shape index (κ2) is 10.9. The Morgan fingerprint density at radius 3 is 2.22 bits per heavy atom. The summed E-state index contributed by atoms with van der Waals surface area (Å²) in [5, 5.41) is 19.4. The number of nitrogens with two attached hydrogens (primary N) is 2. The van der Waals surface area contributed by atoms with Gasteiger partial charge in [0.2, 0.25) is 0 Å². The highest BCUT2D eigenvalue weighted by molar-refractivity contribution is 8.00. The van der Waals surface area contributed by atoms with Crippen molar-refractivity contribution in [2.45, 2.75) is 35.0 Å². The third-order valence-corrected chi connectivity index (χ3v) is 6.85. The van der Waals surface area contributed by atoms with E-state index >= 15 is 0 Å². The molecule has 0 spiro atoms. The molecule has 2 heterocycles. The highest BCUT2D eigenvalue weighted by Crippen LogP contribution is 2.47. The third kappa shape index (κ3) is 5.55. The molecule has 1 amide bonds. The van der Waals surface area contributed by atoms with Gasteiger partial charge in [-0.15, -0.1) is 0 Å². The Hall–Kier alpha value is -4.01. The van der Waals surface area contributed by atoms with Crippen LogP contribution in [0.1, 0.15) is 29.5 Å². The number of pyridine rings is 1. The minimum absolute atomic E-state index is 0.0707. The Morgan fingerprint density at radius 1 is 1.14 bits per heavy atom. The molecule has 37 heavy (non-hydrogen) atoms. The lowest BCUT2D eigenvalue weighted by Crippen LogP contribution is -2.45. The molecule has 1 aromatic heterocycles. The van der Waals surface area contributed by atoms with E-state index in [4.69, 9.17) is 20.9 Å². The van der Waals surface area contributed by atoms with Crippen LogP contribution in [0.5, 0.6) is 5.75 Å². The number of esters is 1. The first-order valence-electron chi connectivity index (χ1n) is 10.8. The van der Waals surface area contributed by atoms with Crippen molar-refractivity contribution in [2.24, 2.45) is 11.5 Å². The fourth-order valence-electron chi connectivity index (χ4n) is 3.71. The number of alkyl halides is 3. The van der Waals surface area contributed by atoms with Gasteiger partial charge in [-0.25, -0.2) is 9.78 Å². The van der Waals surface area contributed by atoms with Gasteiger partial charge in [0.05, 0.1) is 7.11 Å². The van der Waals surface area contributed by atoms with Crippen LogP contribution < -0.4 is 21.1 Å². The number of nitriles is 2. The first-order valence-corrected chi connectivity index (χ1v) is 11.6. The molecule has 1 aliphatic rings. The van der Waals surface area contributed by atoms with Gasteiger partial charge in [-0.2, -0.15) is 23.7 Å². The maximum atomic E-state index is 13.2. The molecule has 0 bridgehead atoms. The molecule has 194 valence electrons. The Kier molecular flexibility index (Phi) is 8.15. The second-order valence-corrected chi connectivity index (χ2v) is 9.07. The predicted octanol–water partition coefficient (Wildman–Crippen LogP) is 2.30. The Labute approximate surface area is 213 Å². The summed E-state index contributed by atoms with van der Waals surface area (Å²) in [4.78, 5) is 28.0. The van der Waals surface area contributed by atoms with Crippen molar-refractivity contribution in [2.75, 3.05) is 25.1 Å². The molecular formula is C23H21F3N6O4S. The number of aromatic nitrogens is 1. The monoisotopic (exact) mass is 534 g/mol. The average molecular weight is 535 g/mol. The Bertz CT molecular complexity index is 1270. The summed E-state index contributed by atoms with van der Waals surface area (Å²) >= 11 is 0.228. The van der Waals surface area contributed by atoms with E-state index in [1.807, 2.05) is 12.1 Å². The van der Waals surface area contributed by atoms with Crippen molar-refractivity contribution >= 4 is 29.5 Å². The summed E-state index contributed by atoms with van der Waals surface area (Å²) in [6.45, 7) is 0.787. The van der Waals surface area contributed by atoms with Gasteiger partial charge in [0, 0.05) is 24.7 Å². The second-order valence-electron chi connectivity index (χ2n) is 7.91. The van der Waals surface area contributed by atoms with Gasteiger partial charge < -0.3 is 25.8 Å². The summed E-state index contributed by atoms with van der Waals surface area (Å²) in [6.07, 6.45) is -4.33. The number of anilines is 1. The van der Waals surface area contributed by atoms with E-state index < -0.39 is 23.0 Å². The lowest BCUT2D eigenvalue weighted by Gasteiger charge is -2.33. The van der Waals surface area contributed by atoms with Gasteiger partial charge in [0.25, 0.3) is 10.8 Å². The van der Waals surface area contributed by atoms with Crippen molar-refractivity contribution in [3.63, 3.8) is 0 Å². The van der Waals surface area contributed by atoms with Crippen molar-refractivity contribution < 1.29 is 32.2 Å². The number of halogens is 3. The van der Waals surface area contributed by atoms with Gasteiger partial charge in [0.1, 0.15) is 28.3 Å². The zero-order chi connectivity index (χ0) is 27.4. The van der Waals surface area contributed by atoms with Crippen molar-refractivity contribution in [3.05, 3.63) is 47.0 Å². The molecule has 10 nitrogen and oxygen atoms in total. The molecule has 1 aromatic carbocycles. The van der Waals surface area contributed by atoms with E-state index in [2.05, 4.69) is 4.98 Å². The first kappa shape index (κ1) is 27.6. The van der Waals surface area contributed by atoms with Gasteiger partial charge in [-0.1, -0.05) is 30.3 Å². The highest BCUT2D eigenvalue weighted by Gasteiger charge is 2.52. The number of methoxy groups -OCH3 is 1. The van der Waals surface area contributed by atoms with Crippen LogP contribution in [0.2, 0.25) is 0 Å². The number of carbonyl (C=O) groups is 2. The van der Waals surface area contributed by atoms with Crippen LogP contribution in [-0.2, 0) is 19.3 Å². The maximum Gasteiger partial charge on any atom is 0.491 e. The number of amides is 1.